The molecule has 1 heterocycles. The molecule has 0 bridgehead atoms. The highest BCUT2D eigenvalue weighted by Gasteiger charge is 2.10. The van der Waals surface area contributed by atoms with Crippen LogP contribution in [0.25, 0.3) is 0 Å². The Morgan fingerprint density at radius 2 is 1.89 bits per heavy atom. The first-order valence-electron chi connectivity index (χ1n) is 4.56. The van der Waals surface area contributed by atoms with Crippen molar-refractivity contribution in [2.24, 2.45) is 22.4 Å². The molecule has 0 saturated carbocycles. The van der Waals surface area contributed by atoms with Crippen molar-refractivity contribution in [2.45, 2.75) is 0 Å². The molecule has 0 aliphatic carbocycles. The van der Waals surface area contributed by atoms with Gasteiger partial charge in [-0.15, -0.1) is 0 Å². The van der Waals surface area contributed by atoms with Crippen LogP contribution < -0.4 is 17.0 Å². The Hall–Kier alpha value is -2.91. The first-order valence-corrected chi connectivity index (χ1v) is 4.56. The number of nitrogens with two attached hydrogens (primary N) is 2. The summed E-state index contributed by atoms with van der Waals surface area (Å²) in [7, 11) is 1.39. The summed E-state index contributed by atoms with van der Waals surface area (Å²) >= 11 is 0. The van der Waals surface area contributed by atoms with Crippen molar-refractivity contribution in [3.63, 3.8) is 0 Å². The molecule has 0 unspecified atom stereocenters. The fourth-order valence-corrected chi connectivity index (χ4v) is 1.07. The van der Waals surface area contributed by atoms with Crippen LogP contribution in [-0.2, 0) is 7.05 Å². The van der Waals surface area contributed by atoms with E-state index >= 15 is 0 Å². The maximum atomic E-state index is 11.8. The zero-order chi connectivity index (χ0) is 13.7. The summed E-state index contributed by atoms with van der Waals surface area (Å²) in [6, 6.07) is 0. The minimum Gasteiger partial charge on any atom is -0.411 e. The number of oxime groups is 2. The van der Waals surface area contributed by atoms with Crippen molar-refractivity contribution in [3.8, 4) is 0 Å². The van der Waals surface area contributed by atoms with Gasteiger partial charge in [0, 0.05) is 7.05 Å². The third kappa shape index (κ3) is 2.61. The van der Waals surface area contributed by atoms with Crippen LogP contribution in [0.5, 0.6) is 0 Å². The summed E-state index contributed by atoms with van der Waals surface area (Å²) in [5.41, 5.74) is 10.0. The molecular weight excluding hydrogens is 242 g/mol. The lowest BCUT2D eigenvalue weighted by Crippen LogP contribution is -2.23. The lowest BCUT2D eigenvalue weighted by molar-refractivity contribution is 0.321. The second-order valence-electron chi connectivity index (χ2n) is 3.09. The van der Waals surface area contributed by atoms with E-state index in [-0.39, 0.29) is 23.2 Å². The van der Waals surface area contributed by atoms with E-state index in [1.54, 1.807) is 0 Å². The van der Waals surface area contributed by atoms with Gasteiger partial charge in [-0.3, -0.25) is 9.36 Å². The molecule has 10 nitrogen and oxygen atoms in total. The molecule has 0 amide bonds. The predicted octanol–water partition coefficient (Wildman–Crippen LogP) is -1.06. The summed E-state index contributed by atoms with van der Waals surface area (Å²) < 4.78 is 1.04. The number of aromatic nitrogens is 2. The van der Waals surface area contributed by atoms with Crippen LogP contribution in [0.15, 0.2) is 20.1 Å². The SMILES string of the molecule is Cn1c(N)nc(N)c(N=C(/C=N/O)/C=N/O)c1=O. The normalized spacial score (nSPS) is 11.2. The predicted molar refractivity (Wildman–Crippen MR) is 66.0 cm³/mol. The molecule has 10 heteroatoms. The molecule has 1 aromatic heterocycles. The molecule has 6 N–H and O–H groups in total. The summed E-state index contributed by atoms with van der Waals surface area (Å²) in [6.45, 7) is 0. The third-order valence-electron chi connectivity index (χ3n) is 1.95. The van der Waals surface area contributed by atoms with Crippen LogP contribution >= 0.6 is 0 Å². The van der Waals surface area contributed by atoms with Gasteiger partial charge in [-0.2, -0.15) is 4.98 Å². The van der Waals surface area contributed by atoms with Gasteiger partial charge in [-0.1, -0.05) is 10.3 Å². The van der Waals surface area contributed by atoms with Crippen LogP contribution in [0.3, 0.4) is 0 Å². The van der Waals surface area contributed by atoms with Gasteiger partial charge in [0.1, 0.15) is 5.71 Å². The van der Waals surface area contributed by atoms with E-state index in [1.165, 1.54) is 7.05 Å². The Labute approximate surface area is 101 Å². The van der Waals surface area contributed by atoms with E-state index < -0.39 is 5.56 Å². The second kappa shape index (κ2) is 5.43. The van der Waals surface area contributed by atoms with E-state index in [9.17, 15) is 4.79 Å². The number of aliphatic imine (C=N–C) groups is 1. The van der Waals surface area contributed by atoms with Crippen molar-refractivity contribution < 1.29 is 10.4 Å². The first-order chi connectivity index (χ1) is 8.51. The number of rotatable bonds is 3. The quantitative estimate of drug-likeness (QED) is 0.304. The average Bonchev–Trinajstić information content (AvgIpc) is 2.32. The lowest BCUT2D eigenvalue weighted by atomic mass is 10.4. The Kier molecular flexibility index (Phi) is 3.97. The lowest BCUT2D eigenvalue weighted by Gasteiger charge is -2.05. The summed E-state index contributed by atoms with van der Waals surface area (Å²) in [6.07, 6.45) is 1.71. The molecule has 0 aromatic carbocycles. The van der Waals surface area contributed by atoms with Gasteiger partial charge in [0.25, 0.3) is 5.56 Å². The zero-order valence-corrected chi connectivity index (χ0v) is 9.35. The number of nitrogens with zero attached hydrogens (tertiary/aromatic N) is 5. The smallest absolute Gasteiger partial charge is 0.282 e. The molecule has 0 saturated heterocycles. The molecule has 0 radical (unpaired) electrons. The molecule has 0 aliphatic rings. The fourth-order valence-electron chi connectivity index (χ4n) is 1.07. The van der Waals surface area contributed by atoms with E-state index in [4.69, 9.17) is 21.9 Å². The Balaban J connectivity index is 3.47. The Morgan fingerprint density at radius 1 is 1.33 bits per heavy atom. The van der Waals surface area contributed by atoms with Crippen LogP contribution in [-0.4, -0.2) is 38.1 Å². The van der Waals surface area contributed by atoms with Gasteiger partial charge in [0.05, 0.1) is 12.4 Å². The summed E-state index contributed by atoms with van der Waals surface area (Å²) in [5.74, 6) is -0.254. The van der Waals surface area contributed by atoms with Gasteiger partial charge in [0.2, 0.25) is 5.95 Å². The highest BCUT2D eigenvalue weighted by atomic mass is 16.4. The van der Waals surface area contributed by atoms with Crippen LogP contribution in [0, 0.1) is 0 Å². The molecule has 18 heavy (non-hydrogen) atoms. The molecule has 1 aromatic rings. The monoisotopic (exact) mass is 253 g/mol. The minimum atomic E-state index is -0.588. The Bertz CT molecular complexity index is 573. The van der Waals surface area contributed by atoms with Gasteiger partial charge in [-0.25, -0.2) is 4.99 Å². The highest BCUT2D eigenvalue weighted by Crippen LogP contribution is 2.14. The molecule has 1 rings (SSSR count). The summed E-state index contributed by atoms with van der Waals surface area (Å²) in [4.78, 5) is 19.3. The van der Waals surface area contributed by atoms with Crippen LogP contribution in [0.2, 0.25) is 0 Å². The van der Waals surface area contributed by atoms with Crippen molar-refractivity contribution in [2.75, 3.05) is 11.5 Å². The van der Waals surface area contributed by atoms with Crippen molar-refractivity contribution in [1.29, 1.82) is 0 Å². The number of hydrogen-bond donors (Lipinski definition) is 4. The van der Waals surface area contributed by atoms with Crippen LogP contribution in [0.1, 0.15) is 0 Å². The van der Waals surface area contributed by atoms with Gasteiger partial charge < -0.3 is 21.9 Å². The Morgan fingerprint density at radius 3 is 2.39 bits per heavy atom. The molecular formula is C8H11N7O3. The molecule has 96 valence electrons. The number of anilines is 2. The maximum Gasteiger partial charge on any atom is 0.282 e. The largest absolute Gasteiger partial charge is 0.411 e. The average molecular weight is 253 g/mol. The van der Waals surface area contributed by atoms with Crippen molar-refractivity contribution in [3.05, 3.63) is 10.4 Å². The number of hydrogen-bond acceptors (Lipinski definition) is 9. The van der Waals surface area contributed by atoms with Gasteiger partial charge in [-0.05, 0) is 0 Å². The maximum absolute atomic E-state index is 11.8. The molecule has 0 atom stereocenters. The fraction of sp³-hybridized carbons (Fsp3) is 0.125. The van der Waals surface area contributed by atoms with Gasteiger partial charge >= 0.3 is 0 Å². The van der Waals surface area contributed by atoms with E-state index in [0.717, 1.165) is 17.0 Å². The van der Waals surface area contributed by atoms with E-state index in [0.29, 0.717) is 0 Å². The number of nitrogen functional groups attached to an aromatic ring is 2. The molecule has 0 spiro atoms. The van der Waals surface area contributed by atoms with Crippen molar-refractivity contribution >= 4 is 35.6 Å². The highest BCUT2D eigenvalue weighted by molar-refractivity contribution is 6.56. The zero-order valence-electron chi connectivity index (χ0n) is 9.35. The van der Waals surface area contributed by atoms with Crippen LogP contribution in [0.4, 0.5) is 17.5 Å². The topological polar surface area (TPSA) is 164 Å². The molecule has 0 aliphatic heterocycles. The van der Waals surface area contributed by atoms with E-state index in [2.05, 4.69) is 20.3 Å². The minimum absolute atomic E-state index is 0.0651. The second-order valence-corrected chi connectivity index (χ2v) is 3.09. The first kappa shape index (κ1) is 13.2. The third-order valence-corrected chi connectivity index (χ3v) is 1.95. The standard InChI is InChI=1S/C8H11N7O3/c1-15-7(16)5(6(9)14-8(15)10)13-4(2-11-17)3-12-18/h2-3,17-18H,9H2,1H3,(H2,10,14)/b11-2+,12-3+. The summed E-state index contributed by atoms with van der Waals surface area (Å²) in [5, 5.41) is 22.1. The van der Waals surface area contributed by atoms with E-state index in [1.807, 2.05) is 0 Å². The van der Waals surface area contributed by atoms with Gasteiger partial charge in [0.15, 0.2) is 11.5 Å². The molecule has 0 fully saturated rings. The van der Waals surface area contributed by atoms with Crippen molar-refractivity contribution in [1.82, 2.24) is 9.55 Å².